The zero-order valence-electron chi connectivity index (χ0n) is 13.6. The molecule has 6 heteroatoms. The molecule has 1 N–H and O–H groups in total. The number of carbonyl (C=O) groups is 1. The highest BCUT2D eigenvalue weighted by atomic mass is 32.2. The molecule has 1 aromatic heterocycles. The van der Waals surface area contributed by atoms with Crippen LogP contribution in [0.1, 0.15) is 12.5 Å². The van der Waals surface area contributed by atoms with Crippen LogP contribution in [0, 0.1) is 0 Å². The van der Waals surface area contributed by atoms with Gasteiger partial charge in [-0.05, 0) is 24.6 Å². The molecular formula is C18H18N4OS. The van der Waals surface area contributed by atoms with Crippen molar-refractivity contribution in [2.75, 3.05) is 5.75 Å². The molecule has 2 aromatic carbocycles. The highest BCUT2D eigenvalue weighted by molar-refractivity contribution is 7.99. The van der Waals surface area contributed by atoms with Crippen LogP contribution in [0.15, 0.2) is 64.9 Å². The lowest BCUT2D eigenvalue weighted by Crippen LogP contribution is -2.21. The molecule has 122 valence electrons. The first-order chi connectivity index (χ1) is 11.6. The number of fused-ring (bicyclic) bond motifs is 1. The lowest BCUT2D eigenvalue weighted by atomic mass is 10.1. The van der Waals surface area contributed by atoms with E-state index in [4.69, 9.17) is 0 Å². The minimum absolute atomic E-state index is 0.151. The van der Waals surface area contributed by atoms with Gasteiger partial charge in [0, 0.05) is 7.05 Å². The zero-order valence-corrected chi connectivity index (χ0v) is 14.4. The number of imidazole rings is 1. The normalized spacial score (nSPS) is 11.7. The van der Waals surface area contributed by atoms with Crippen molar-refractivity contribution in [2.24, 2.45) is 12.1 Å². The number of aromatic nitrogens is 2. The Labute approximate surface area is 144 Å². The second-order valence-corrected chi connectivity index (χ2v) is 6.27. The number of nitrogens with zero attached hydrogens (tertiary/aromatic N) is 3. The molecular weight excluding hydrogens is 320 g/mol. The van der Waals surface area contributed by atoms with Crippen LogP contribution in [0.5, 0.6) is 0 Å². The van der Waals surface area contributed by atoms with Crippen LogP contribution in [-0.2, 0) is 11.8 Å². The summed E-state index contributed by atoms with van der Waals surface area (Å²) in [6.45, 7) is 1.87. The van der Waals surface area contributed by atoms with Crippen molar-refractivity contribution >= 4 is 34.4 Å². The Bertz CT molecular complexity index is 886. The Hall–Kier alpha value is -2.60. The fraction of sp³-hybridized carbons (Fsp3) is 0.167. The van der Waals surface area contributed by atoms with E-state index in [-0.39, 0.29) is 11.7 Å². The number of aryl methyl sites for hydroxylation is 1. The van der Waals surface area contributed by atoms with Gasteiger partial charge in [-0.1, -0.05) is 54.2 Å². The topological polar surface area (TPSA) is 59.3 Å². The number of hydrogen-bond acceptors (Lipinski definition) is 4. The van der Waals surface area contributed by atoms with Crippen LogP contribution in [-0.4, -0.2) is 26.9 Å². The Morgan fingerprint density at radius 1 is 1.17 bits per heavy atom. The molecule has 0 saturated heterocycles. The largest absolute Gasteiger partial charge is 0.322 e. The minimum atomic E-state index is -0.151. The molecule has 0 unspecified atom stereocenters. The average molecular weight is 338 g/mol. The Balaban J connectivity index is 1.60. The van der Waals surface area contributed by atoms with Gasteiger partial charge in [-0.2, -0.15) is 5.10 Å². The third-order valence-electron chi connectivity index (χ3n) is 3.62. The van der Waals surface area contributed by atoms with Gasteiger partial charge in [-0.15, -0.1) is 0 Å². The molecule has 0 radical (unpaired) electrons. The summed E-state index contributed by atoms with van der Waals surface area (Å²) in [5.74, 6) is 0.116. The molecule has 1 heterocycles. The van der Waals surface area contributed by atoms with Crippen molar-refractivity contribution in [3.63, 3.8) is 0 Å². The van der Waals surface area contributed by atoms with E-state index in [1.165, 1.54) is 11.8 Å². The molecule has 0 aliphatic heterocycles. The molecule has 0 aliphatic rings. The number of benzene rings is 2. The van der Waals surface area contributed by atoms with Gasteiger partial charge in [0.1, 0.15) is 0 Å². The Morgan fingerprint density at radius 2 is 1.88 bits per heavy atom. The quantitative estimate of drug-likeness (QED) is 0.441. The number of rotatable bonds is 5. The molecule has 24 heavy (non-hydrogen) atoms. The summed E-state index contributed by atoms with van der Waals surface area (Å²) in [6, 6.07) is 17.7. The number of carbonyl (C=O) groups excluding carboxylic acids is 1. The first-order valence-corrected chi connectivity index (χ1v) is 8.56. The predicted octanol–water partition coefficient (Wildman–Crippen LogP) is 3.21. The van der Waals surface area contributed by atoms with Gasteiger partial charge in [0.2, 0.25) is 0 Å². The molecule has 0 bridgehead atoms. The van der Waals surface area contributed by atoms with Crippen LogP contribution >= 0.6 is 11.8 Å². The maximum absolute atomic E-state index is 12.0. The van der Waals surface area contributed by atoms with Gasteiger partial charge in [0.25, 0.3) is 5.91 Å². The third-order valence-corrected chi connectivity index (χ3v) is 4.65. The van der Waals surface area contributed by atoms with Crippen LogP contribution in [0.25, 0.3) is 11.0 Å². The second kappa shape index (κ2) is 7.31. The van der Waals surface area contributed by atoms with E-state index in [9.17, 15) is 4.79 Å². The summed E-state index contributed by atoms with van der Waals surface area (Å²) >= 11 is 1.40. The number of para-hydroxylation sites is 2. The van der Waals surface area contributed by atoms with Crippen molar-refractivity contribution < 1.29 is 4.79 Å². The van der Waals surface area contributed by atoms with Crippen LogP contribution in [0.3, 0.4) is 0 Å². The van der Waals surface area contributed by atoms with Crippen LogP contribution in [0.4, 0.5) is 0 Å². The molecule has 5 nitrogen and oxygen atoms in total. The zero-order chi connectivity index (χ0) is 16.9. The summed E-state index contributed by atoms with van der Waals surface area (Å²) in [5.41, 5.74) is 6.34. The predicted molar refractivity (Wildman–Crippen MR) is 98.2 cm³/mol. The molecule has 3 aromatic rings. The van der Waals surface area contributed by atoms with Gasteiger partial charge in [0.15, 0.2) is 5.16 Å². The summed E-state index contributed by atoms with van der Waals surface area (Å²) in [7, 11) is 1.95. The van der Waals surface area contributed by atoms with Crippen LogP contribution in [0.2, 0.25) is 0 Å². The molecule has 1 amide bonds. The van der Waals surface area contributed by atoms with Gasteiger partial charge in [0.05, 0.1) is 22.5 Å². The highest BCUT2D eigenvalue weighted by Crippen LogP contribution is 2.22. The average Bonchev–Trinajstić information content (AvgIpc) is 2.95. The van der Waals surface area contributed by atoms with E-state index in [1.54, 1.807) is 0 Å². The summed E-state index contributed by atoms with van der Waals surface area (Å²) in [5, 5.41) is 4.96. The molecule has 0 aliphatic carbocycles. The first kappa shape index (κ1) is 16.3. The van der Waals surface area contributed by atoms with Crippen molar-refractivity contribution in [1.29, 1.82) is 0 Å². The van der Waals surface area contributed by atoms with Gasteiger partial charge in [-0.3, -0.25) is 4.79 Å². The van der Waals surface area contributed by atoms with Crippen molar-refractivity contribution in [3.8, 4) is 0 Å². The van der Waals surface area contributed by atoms with E-state index in [0.717, 1.165) is 27.5 Å². The molecule has 0 saturated carbocycles. The number of nitrogens with one attached hydrogen (secondary N) is 1. The van der Waals surface area contributed by atoms with Crippen molar-refractivity contribution in [3.05, 3.63) is 60.2 Å². The Kier molecular flexibility index (Phi) is 4.96. The summed E-state index contributed by atoms with van der Waals surface area (Å²) in [4.78, 5) is 16.5. The number of thioether (sulfide) groups is 1. The summed E-state index contributed by atoms with van der Waals surface area (Å²) < 4.78 is 1.99. The molecule has 0 fully saturated rings. The first-order valence-electron chi connectivity index (χ1n) is 7.58. The molecule has 0 spiro atoms. The maximum Gasteiger partial charge on any atom is 0.250 e. The fourth-order valence-electron chi connectivity index (χ4n) is 2.30. The van der Waals surface area contributed by atoms with E-state index < -0.39 is 0 Å². The highest BCUT2D eigenvalue weighted by Gasteiger charge is 2.10. The lowest BCUT2D eigenvalue weighted by Gasteiger charge is -2.03. The van der Waals surface area contributed by atoms with Crippen LogP contribution < -0.4 is 5.43 Å². The van der Waals surface area contributed by atoms with E-state index in [0.29, 0.717) is 0 Å². The number of amides is 1. The van der Waals surface area contributed by atoms with Gasteiger partial charge >= 0.3 is 0 Å². The van der Waals surface area contributed by atoms with Gasteiger partial charge < -0.3 is 4.57 Å². The number of hydrazone groups is 1. The lowest BCUT2D eigenvalue weighted by molar-refractivity contribution is -0.118. The van der Waals surface area contributed by atoms with E-state index in [1.807, 2.05) is 73.1 Å². The third kappa shape index (κ3) is 3.65. The fourth-order valence-corrected chi connectivity index (χ4v) is 3.08. The van der Waals surface area contributed by atoms with Gasteiger partial charge in [-0.25, -0.2) is 10.4 Å². The smallest absolute Gasteiger partial charge is 0.250 e. The molecule has 3 rings (SSSR count). The summed E-state index contributed by atoms with van der Waals surface area (Å²) in [6.07, 6.45) is 0. The SMILES string of the molecule is C/C(=N/NC(=O)CSc1nc2ccccc2n1C)c1ccccc1. The van der Waals surface area contributed by atoms with Crippen molar-refractivity contribution in [1.82, 2.24) is 15.0 Å². The monoisotopic (exact) mass is 338 g/mol. The second-order valence-electron chi connectivity index (χ2n) is 5.33. The van der Waals surface area contributed by atoms with Crippen molar-refractivity contribution in [2.45, 2.75) is 12.1 Å². The van der Waals surface area contributed by atoms with E-state index >= 15 is 0 Å². The molecule has 0 atom stereocenters. The van der Waals surface area contributed by atoms with E-state index in [2.05, 4.69) is 15.5 Å². The maximum atomic E-state index is 12.0. The minimum Gasteiger partial charge on any atom is -0.322 e. The number of hydrogen-bond donors (Lipinski definition) is 1. The Morgan fingerprint density at radius 3 is 2.62 bits per heavy atom. The standard InChI is InChI=1S/C18H18N4OS/c1-13(14-8-4-3-5-9-14)20-21-17(23)12-24-18-19-15-10-6-7-11-16(15)22(18)2/h3-11H,12H2,1-2H3,(H,21,23)/b20-13-.